The van der Waals surface area contributed by atoms with Crippen molar-refractivity contribution in [2.75, 3.05) is 6.61 Å². The number of aliphatic hydroxyl groups is 1. The molecular formula is C35H64O3Si2. The molecule has 0 saturated heterocycles. The molecule has 0 amide bonds. The molecule has 0 aromatic rings. The zero-order valence-corrected chi connectivity index (χ0v) is 30.5. The average molecular weight is 589 g/mol. The van der Waals surface area contributed by atoms with Crippen molar-refractivity contribution >= 4 is 16.6 Å². The monoisotopic (exact) mass is 588 g/mol. The number of rotatable bonds is 6. The van der Waals surface area contributed by atoms with Gasteiger partial charge in [-0.05, 0) is 123 Å². The zero-order chi connectivity index (χ0) is 30.1. The molecule has 40 heavy (non-hydrogen) atoms. The zero-order valence-electron chi connectivity index (χ0n) is 28.5. The first-order chi connectivity index (χ1) is 18.1. The van der Waals surface area contributed by atoms with Crippen LogP contribution in [0.3, 0.4) is 0 Å². The van der Waals surface area contributed by atoms with E-state index in [0.717, 1.165) is 38.7 Å². The van der Waals surface area contributed by atoms with E-state index in [1.165, 1.54) is 24.0 Å². The Morgan fingerprint density at radius 2 is 1.60 bits per heavy atom. The lowest BCUT2D eigenvalue weighted by molar-refractivity contribution is -0.179. The summed E-state index contributed by atoms with van der Waals surface area (Å²) in [5.41, 5.74) is 2.34. The van der Waals surface area contributed by atoms with Crippen molar-refractivity contribution in [3.05, 3.63) is 23.3 Å². The highest BCUT2D eigenvalue weighted by atomic mass is 28.4. The molecule has 4 rings (SSSR count). The van der Waals surface area contributed by atoms with Crippen LogP contribution in [0.4, 0.5) is 0 Å². The number of fused-ring (bicyclic) bond motifs is 5. The van der Waals surface area contributed by atoms with E-state index in [1.54, 1.807) is 0 Å². The summed E-state index contributed by atoms with van der Waals surface area (Å²) in [5.74, 6) is 2.13. The van der Waals surface area contributed by atoms with Gasteiger partial charge in [0.2, 0.25) is 0 Å². The maximum absolute atomic E-state index is 13.1. The van der Waals surface area contributed by atoms with E-state index in [-0.39, 0.29) is 27.5 Å². The van der Waals surface area contributed by atoms with Crippen LogP contribution in [0.1, 0.15) is 107 Å². The van der Waals surface area contributed by atoms with Gasteiger partial charge >= 0.3 is 0 Å². The Bertz CT molecular complexity index is 999. The molecule has 0 aromatic carbocycles. The summed E-state index contributed by atoms with van der Waals surface area (Å²) in [6.07, 6.45) is 12.6. The van der Waals surface area contributed by atoms with E-state index in [2.05, 4.69) is 101 Å². The van der Waals surface area contributed by atoms with Gasteiger partial charge in [0.25, 0.3) is 0 Å². The van der Waals surface area contributed by atoms with Gasteiger partial charge in [-0.15, -0.1) is 0 Å². The van der Waals surface area contributed by atoms with E-state index in [9.17, 15) is 5.11 Å². The molecule has 0 aromatic heterocycles. The quantitative estimate of drug-likeness (QED) is 0.314. The molecule has 2 saturated carbocycles. The van der Waals surface area contributed by atoms with Gasteiger partial charge in [-0.3, -0.25) is 0 Å². The van der Waals surface area contributed by atoms with E-state index < -0.39 is 22.2 Å². The third kappa shape index (κ3) is 5.69. The Morgan fingerprint density at radius 3 is 2.20 bits per heavy atom. The summed E-state index contributed by atoms with van der Waals surface area (Å²) in [5, 5.41) is 13.5. The second kappa shape index (κ2) is 10.8. The van der Waals surface area contributed by atoms with E-state index >= 15 is 0 Å². The molecule has 0 unspecified atom stereocenters. The molecular weight excluding hydrogens is 525 g/mol. The molecule has 2 bridgehead atoms. The van der Waals surface area contributed by atoms with E-state index in [0.29, 0.717) is 23.7 Å². The van der Waals surface area contributed by atoms with Gasteiger partial charge in [-0.2, -0.15) is 0 Å². The third-order valence-corrected chi connectivity index (χ3v) is 22.3. The Kier molecular flexibility index (Phi) is 8.79. The Hall–Kier alpha value is -0.206. The molecule has 5 heteroatoms. The summed E-state index contributed by atoms with van der Waals surface area (Å²) in [7, 11) is -3.79. The Balaban J connectivity index is 1.66. The average Bonchev–Trinajstić information content (AvgIpc) is 3.17. The predicted molar refractivity (Wildman–Crippen MR) is 176 cm³/mol. The van der Waals surface area contributed by atoms with Crippen molar-refractivity contribution < 1.29 is 14.0 Å². The fourth-order valence-electron chi connectivity index (χ4n) is 8.56. The normalized spacial score (nSPS) is 39.3. The van der Waals surface area contributed by atoms with Gasteiger partial charge in [0.1, 0.15) is 0 Å². The first-order valence-corrected chi connectivity index (χ1v) is 22.4. The minimum atomic E-state index is -2.01. The van der Waals surface area contributed by atoms with Crippen molar-refractivity contribution in [1.29, 1.82) is 0 Å². The minimum absolute atomic E-state index is 0.141. The SMILES string of the molecule is CC1=CC[C@H]2C/C1=C\C[C@@]1(O)[C@@H]3CC[C@H]([C@H](C)CO[Si](C)(C)C(C)(C)C)[C@@]3(C)CC[C@H]1[C@H]2O[Si](C)(C)C(C)(C)C. The second-order valence-corrected chi connectivity index (χ2v) is 27.4. The molecule has 230 valence electrons. The third-order valence-electron chi connectivity index (χ3n) is 13.3. The molecule has 1 N–H and O–H groups in total. The van der Waals surface area contributed by atoms with Crippen LogP contribution < -0.4 is 0 Å². The van der Waals surface area contributed by atoms with Gasteiger partial charge in [0.05, 0.1) is 11.7 Å². The molecule has 2 fully saturated rings. The van der Waals surface area contributed by atoms with Crippen molar-refractivity contribution in [3.8, 4) is 0 Å². The highest BCUT2D eigenvalue weighted by Crippen LogP contribution is 2.65. The standard InChI is InChI=1S/C35H64O3Si2/c1-24-14-15-27-22-26(24)18-21-35(36)29(31(27)38-40(12,13)33(6,7)8)19-20-34(9)28(16-17-30(34)35)25(2)23-37-39(10,11)32(3,4)5/h14,18,25,27-31,36H,15-17,19-23H2,1-13H3/b26-18+/t25-,27+,28-,29+,30-,31+,34-,35+/m1/s1. The van der Waals surface area contributed by atoms with Crippen LogP contribution in [0.2, 0.25) is 36.3 Å². The number of hydrogen-bond acceptors (Lipinski definition) is 3. The summed E-state index contributed by atoms with van der Waals surface area (Å²) in [6.45, 7) is 31.8. The van der Waals surface area contributed by atoms with Crippen LogP contribution in [0.15, 0.2) is 23.3 Å². The minimum Gasteiger partial charge on any atom is -0.417 e. The van der Waals surface area contributed by atoms with Crippen LogP contribution in [0.25, 0.3) is 0 Å². The lowest BCUT2D eigenvalue weighted by atomic mass is 9.51. The Labute approximate surface area is 250 Å². The van der Waals surface area contributed by atoms with E-state index in [1.807, 2.05) is 0 Å². The van der Waals surface area contributed by atoms with Gasteiger partial charge < -0.3 is 14.0 Å². The van der Waals surface area contributed by atoms with Crippen molar-refractivity contribution in [2.24, 2.45) is 35.0 Å². The van der Waals surface area contributed by atoms with Crippen molar-refractivity contribution in [3.63, 3.8) is 0 Å². The molecule has 4 aliphatic carbocycles. The lowest BCUT2D eigenvalue weighted by Crippen LogP contribution is -2.62. The topological polar surface area (TPSA) is 38.7 Å². The van der Waals surface area contributed by atoms with Crippen LogP contribution in [0.5, 0.6) is 0 Å². The van der Waals surface area contributed by atoms with Crippen LogP contribution in [-0.4, -0.2) is 40.1 Å². The first-order valence-electron chi connectivity index (χ1n) is 16.5. The van der Waals surface area contributed by atoms with Gasteiger partial charge in [-0.25, -0.2) is 0 Å². The largest absolute Gasteiger partial charge is 0.417 e. The van der Waals surface area contributed by atoms with Gasteiger partial charge in [-0.1, -0.05) is 73.1 Å². The molecule has 0 radical (unpaired) electrons. The smallest absolute Gasteiger partial charge is 0.192 e. The van der Waals surface area contributed by atoms with Gasteiger partial charge in [0.15, 0.2) is 16.6 Å². The first kappa shape index (κ1) is 32.7. The Morgan fingerprint density at radius 1 is 0.975 bits per heavy atom. The summed E-state index contributed by atoms with van der Waals surface area (Å²) in [4.78, 5) is 0. The van der Waals surface area contributed by atoms with E-state index in [4.69, 9.17) is 8.85 Å². The van der Waals surface area contributed by atoms with Crippen molar-refractivity contribution in [2.45, 2.75) is 155 Å². The summed E-state index contributed by atoms with van der Waals surface area (Å²) >= 11 is 0. The maximum Gasteiger partial charge on any atom is 0.192 e. The van der Waals surface area contributed by atoms with Crippen LogP contribution in [-0.2, 0) is 8.85 Å². The predicted octanol–water partition coefficient (Wildman–Crippen LogP) is 9.89. The molecule has 8 atom stereocenters. The molecule has 0 aliphatic heterocycles. The van der Waals surface area contributed by atoms with Crippen LogP contribution in [0, 0.1) is 35.0 Å². The fraction of sp³-hybridized carbons (Fsp3) is 0.886. The highest BCUT2D eigenvalue weighted by molar-refractivity contribution is 6.74. The second-order valence-electron chi connectivity index (χ2n) is 17.8. The highest BCUT2D eigenvalue weighted by Gasteiger charge is 2.63. The van der Waals surface area contributed by atoms with Crippen LogP contribution >= 0.6 is 0 Å². The number of allylic oxidation sites excluding steroid dienone is 3. The molecule has 3 nitrogen and oxygen atoms in total. The van der Waals surface area contributed by atoms with Gasteiger partial charge in [0, 0.05) is 12.5 Å². The van der Waals surface area contributed by atoms with Crippen molar-refractivity contribution in [1.82, 2.24) is 0 Å². The molecule has 4 aliphatic rings. The summed E-state index contributed by atoms with van der Waals surface area (Å²) < 4.78 is 14.2. The number of hydrogen-bond donors (Lipinski definition) is 1. The fourth-order valence-corrected chi connectivity index (χ4v) is 11.1. The summed E-state index contributed by atoms with van der Waals surface area (Å²) in [6, 6.07) is 0. The maximum atomic E-state index is 13.1. The molecule has 0 spiro atoms. The lowest BCUT2D eigenvalue weighted by Gasteiger charge is -2.59. The molecule has 0 heterocycles.